The summed E-state index contributed by atoms with van der Waals surface area (Å²) in [7, 11) is 0. The fraction of sp³-hybridized carbons (Fsp3) is 0.538. The number of amides is 1. The van der Waals surface area contributed by atoms with Gasteiger partial charge in [-0.25, -0.2) is 4.98 Å². The van der Waals surface area contributed by atoms with Crippen LogP contribution in [0.1, 0.15) is 43.0 Å². The van der Waals surface area contributed by atoms with Gasteiger partial charge in [0, 0.05) is 12.2 Å². The van der Waals surface area contributed by atoms with E-state index in [0.717, 1.165) is 18.8 Å². The Morgan fingerprint density at radius 1 is 1.41 bits per heavy atom. The monoisotopic (exact) mass is 296 g/mol. The van der Waals surface area contributed by atoms with Crippen molar-refractivity contribution < 1.29 is 4.79 Å². The van der Waals surface area contributed by atoms with Gasteiger partial charge in [0.15, 0.2) is 0 Å². The Kier molecular flexibility index (Phi) is 4.15. The number of halogens is 1. The summed E-state index contributed by atoms with van der Waals surface area (Å²) < 4.78 is 0.613. The van der Waals surface area contributed by atoms with Gasteiger partial charge in [-0.2, -0.15) is 0 Å². The molecule has 2 rings (SSSR count). The molecule has 0 atom stereocenters. The van der Waals surface area contributed by atoms with E-state index in [1.54, 1.807) is 18.3 Å². The molecule has 1 N–H and O–H groups in total. The minimum atomic E-state index is -0.0236. The smallest absolute Gasteiger partial charge is 0.254 e. The Hall–Kier alpha value is -0.900. The lowest BCUT2D eigenvalue weighted by Gasteiger charge is -2.26. The molecule has 0 spiro atoms. The Labute approximate surface area is 110 Å². The second-order valence-electron chi connectivity index (χ2n) is 4.77. The highest BCUT2D eigenvalue weighted by molar-refractivity contribution is 9.10. The zero-order valence-electron chi connectivity index (χ0n) is 9.95. The van der Waals surface area contributed by atoms with E-state index in [1.165, 1.54) is 12.8 Å². The molecule has 1 aromatic heterocycles. The Balaban J connectivity index is 1.96. The first-order valence-electron chi connectivity index (χ1n) is 6.08. The van der Waals surface area contributed by atoms with E-state index < -0.39 is 0 Å². The SMILES string of the molecule is CC1CCC(NC(=O)c2cccnc2Br)CC1. The second kappa shape index (κ2) is 5.63. The van der Waals surface area contributed by atoms with Gasteiger partial charge in [-0.05, 0) is 59.7 Å². The van der Waals surface area contributed by atoms with E-state index in [9.17, 15) is 4.79 Å². The van der Waals surface area contributed by atoms with Crippen molar-refractivity contribution in [2.75, 3.05) is 0 Å². The van der Waals surface area contributed by atoms with Gasteiger partial charge in [0.05, 0.1) is 5.56 Å². The van der Waals surface area contributed by atoms with Crippen molar-refractivity contribution in [2.45, 2.75) is 38.6 Å². The summed E-state index contributed by atoms with van der Waals surface area (Å²) in [5.41, 5.74) is 0.617. The molecule has 1 aromatic rings. The van der Waals surface area contributed by atoms with E-state index in [1.807, 2.05) is 0 Å². The maximum Gasteiger partial charge on any atom is 0.254 e. The molecule has 1 aliphatic carbocycles. The third-order valence-corrected chi connectivity index (χ3v) is 3.99. The van der Waals surface area contributed by atoms with Crippen LogP contribution in [0.2, 0.25) is 0 Å². The Morgan fingerprint density at radius 3 is 2.76 bits per heavy atom. The fourth-order valence-electron chi connectivity index (χ4n) is 2.22. The maximum atomic E-state index is 12.0. The first-order valence-corrected chi connectivity index (χ1v) is 6.87. The number of aromatic nitrogens is 1. The lowest BCUT2D eigenvalue weighted by Crippen LogP contribution is -2.37. The van der Waals surface area contributed by atoms with Gasteiger partial charge in [-0.15, -0.1) is 0 Å². The first-order chi connectivity index (χ1) is 8.16. The summed E-state index contributed by atoms with van der Waals surface area (Å²) in [6.45, 7) is 2.27. The van der Waals surface area contributed by atoms with Crippen molar-refractivity contribution in [1.29, 1.82) is 0 Å². The first kappa shape index (κ1) is 12.6. The minimum absolute atomic E-state index is 0.0236. The van der Waals surface area contributed by atoms with Crippen LogP contribution in [0, 0.1) is 5.92 Å². The highest BCUT2D eigenvalue weighted by Crippen LogP contribution is 2.24. The van der Waals surface area contributed by atoms with Crippen LogP contribution in [-0.4, -0.2) is 16.9 Å². The zero-order valence-corrected chi connectivity index (χ0v) is 11.5. The molecule has 4 heteroatoms. The van der Waals surface area contributed by atoms with Crippen LogP contribution in [0.4, 0.5) is 0 Å². The topological polar surface area (TPSA) is 42.0 Å². The largest absolute Gasteiger partial charge is 0.349 e. The highest BCUT2D eigenvalue weighted by Gasteiger charge is 2.21. The molecule has 92 valence electrons. The molecule has 1 amide bonds. The second-order valence-corrected chi connectivity index (χ2v) is 5.52. The van der Waals surface area contributed by atoms with E-state index >= 15 is 0 Å². The van der Waals surface area contributed by atoms with Crippen LogP contribution < -0.4 is 5.32 Å². The number of carbonyl (C=O) groups is 1. The summed E-state index contributed by atoms with van der Waals surface area (Å²) in [5.74, 6) is 0.776. The quantitative estimate of drug-likeness (QED) is 0.852. The van der Waals surface area contributed by atoms with Crippen molar-refractivity contribution in [3.8, 4) is 0 Å². The molecular formula is C13H17BrN2O. The standard InChI is InChI=1S/C13H17BrN2O/c1-9-4-6-10(7-5-9)16-13(17)11-3-2-8-15-12(11)14/h2-3,8-10H,4-7H2,1H3,(H,16,17). The van der Waals surface area contributed by atoms with Crippen molar-refractivity contribution in [1.82, 2.24) is 10.3 Å². The summed E-state index contributed by atoms with van der Waals surface area (Å²) in [6, 6.07) is 3.89. The zero-order chi connectivity index (χ0) is 12.3. The fourth-order valence-corrected chi connectivity index (χ4v) is 2.65. The van der Waals surface area contributed by atoms with Crippen LogP contribution in [0.5, 0.6) is 0 Å². The van der Waals surface area contributed by atoms with Crippen molar-refractivity contribution >= 4 is 21.8 Å². The van der Waals surface area contributed by atoms with Crippen LogP contribution in [-0.2, 0) is 0 Å². The van der Waals surface area contributed by atoms with Gasteiger partial charge >= 0.3 is 0 Å². The third kappa shape index (κ3) is 3.28. The number of rotatable bonds is 2. The van der Waals surface area contributed by atoms with E-state index in [0.29, 0.717) is 16.2 Å². The van der Waals surface area contributed by atoms with Crippen molar-refractivity contribution in [3.05, 3.63) is 28.5 Å². The molecule has 1 fully saturated rings. The van der Waals surface area contributed by atoms with Gasteiger partial charge in [-0.1, -0.05) is 6.92 Å². The number of carbonyl (C=O) groups excluding carboxylic acids is 1. The highest BCUT2D eigenvalue weighted by atomic mass is 79.9. The summed E-state index contributed by atoms with van der Waals surface area (Å²) in [5, 5.41) is 3.09. The van der Waals surface area contributed by atoms with E-state index in [2.05, 4.69) is 33.2 Å². The van der Waals surface area contributed by atoms with Crippen molar-refractivity contribution in [2.24, 2.45) is 5.92 Å². The molecule has 0 unspecified atom stereocenters. The number of hydrogen-bond donors (Lipinski definition) is 1. The van der Waals surface area contributed by atoms with Gasteiger partial charge in [0.25, 0.3) is 5.91 Å². The molecular weight excluding hydrogens is 280 g/mol. The van der Waals surface area contributed by atoms with Gasteiger partial charge in [-0.3, -0.25) is 4.79 Å². The van der Waals surface area contributed by atoms with Crippen LogP contribution in [0.25, 0.3) is 0 Å². The minimum Gasteiger partial charge on any atom is -0.349 e. The summed E-state index contributed by atoms with van der Waals surface area (Å²) in [4.78, 5) is 16.1. The molecule has 0 bridgehead atoms. The average Bonchev–Trinajstić information content (AvgIpc) is 2.32. The van der Waals surface area contributed by atoms with Crippen LogP contribution in [0.15, 0.2) is 22.9 Å². The normalized spacial score (nSPS) is 24.4. The molecule has 0 radical (unpaired) electrons. The average molecular weight is 297 g/mol. The predicted molar refractivity (Wildman–Crippen MR) is 70.8 cm³/mol. The predicted octanol–water partition coefficient (Wildman–Crippen LogP) is 3.15. The number of nitrogens with one attached hydrogen (secondary N) is 1. The Bertz CT molecular complexity index is 400. The lowest BCUT2D eigenvalue weighted by atomic mass is 9.87. The van der Waals surface area contributed by atoms with Gasteiger partial charge in [0.2, 0.25) is 0 Å². The molecule has 0 saturated heterocycles. The molecule has 1 aliphatic rings. The maximum absolute atomic E-state index is 12.0. The molecule has 17 heavy (non-hydrogen) atoms. The van der Waals surface area contributed by atoms with E-state index in [4.69, 9.17) is 0 Å². The molecule has 1 heterocycles. The van der Waals surface area contributed by atoms with Crippen LogP contribution in [0.3, 0.4) is 0 Å². The summed E-state index contributed by atoms with van der Waals surface area (Å²) in [6.07, 6.45) is 6.26. The van der Waals surface area contributed by atoms with Crippen LogP contribution >= 0.6 is 15.9 Å². The third-order valence-electron chi connectivity index (χ3n) is 3.35. The number of nitrogens with zero attached hydrogens (tertiary/aromatic N) is 1. The number of pyridine rings is 1. The Morgan fingerprint density at radius 2 is 2.12 bits per heavy atom. The molecule has 0 aliphatic heterocycles. The molecule has 3 nitrogen and oxygen atoms in total. The van der Waals surface area contributed by atoms with Gasteiger partial charge < -0.3 is 5.32 Å². The van der Waals surface area contributed by atoms with Crippen molar-refractivity contribution in [3.63, 3.8) is 0 Å². The summed E-state index contributed by atoms with van der Waals surface area (Å²) >= 11 is 3.30. The van der Waals surface area contributed by atoms with Gasteiger partial charge in [0.1, 0.15) is 4.60 Å². The molecule has 1 saturated carbocycles. The van der Waals surface area contributed by atoms with E-state index in [-0.39, 0.29) is 5.91 Å². The lowest BCUT2D eigenvalue weighted by molar-refractivity contribution is 0.0922. The molecule has 0 aromatic carbocycles. The number of hydrogen-bond acceptors (Lipinski definition) is 2.